The topological polar surface area (TPSA) is 0 Å². The van der Waals surface area contributed by atoms with Gasteiger partial charge in [-0.3, -0.25) is 0 Å². The van der Waals surface area contributed by atoms with Gasteiger partial charge in [0, 0.05) is 0 Å². The largest absolute Gasteiger partial charge is 0.115 e. The molecule has 0 heteroatoms. The maximum Gasteiger partial charge on any atom is -0.0121 e. The summed E-state index contributed by atoms with van der Waals surface area (Å²) in [5.74, 6) is 2.08. The summed E-state index contributed by atoms with van der Waals surface area (Å²) in [7, 11) is 0. The van der Waals surface area contributed by atoms with E-state index in [1.807, 2.05) is 0 Å². The summed E-state index contributed by atoms with van der Waals surface area (Å²) >= 11 is 0. The zero-order valence-electron chi connectivity index (χ0n) is 2.23. The second-order valence-electron chi connectivity index (χ2n) is 0.333. The van der Waals surface area contributed by atoms with E-state index in [0.29, 0.717) is 0 Å². The second-order valence-corrected chi connectivity index (χ2v) is 0.333. The van der Waals surface area contributed by atoms with Crippen LogP contribution in [0.3, 0.4) is 0 Å². The van der Waals surface area contributed by atoms with Gasteiger partial charge in [-0.2, -0.15) is 0 Å². The molecule has 0 aliphatic carbocycles. The Morgan fingerprint density at radius 3 is 2.00 bits per heavy atom. The lowest BCUT2D eigenvalue weighted by molar-refractivity contribution is 2.28. The van der Waals surface area contributed by atoms with E-state index < -0.39 is 0 Å². The molecule has 0 heterocycles. The highest BCUT2D eigenvalue weighted by molar-refractivity contribution is 5.01. The maximum atomic E-state index is 4.67. The number of hydrogen-bond acceptors (Lipinski definition) is 0. The zero-order valence-corrected chi connectivity index (χ0v) is 2.23. The van der Waals surface area contributed by atoms with E-state index in [4.69, 9.17) is 0 Å². The third kappa shape index (κ3) is 1.30. The van der Waals surface area contributed by atoms with Gasteiger partial charge >= 0.3 is 0 Å². The minimum absolute atomic E-state index is 1.15. The van der Waals surface area contributed by atoms with Crippen LogP contribution in [-0.2, 0) is 0 Å². The third-order valence-corrected chi connectivity index (χ3v) is 0.0962. The smallest absolute Gasteiger partial charge is 0.0121 e. The Morgan fingerprint density at radius 2 is 2.00 bits per heavy atom. The van der Waals surface area contributed by atoms with Crippen LogP contribution in [0.1, 0.15) is 0 Å². The van der Waals surface area contributed by atoms with Crippen LogP contribution < -0.4 is 0 Å². The molecule has 0 amide bonds. The summed E-state index contributed by atoms with van der Waals surface area (Å²) in [4.78, 5) is 0. The Balaban J connectivity index is 2.92. The summed E-state index contributed by atoms with van der Waals surface area (Å²) in [6.45, 7) is 4.67. The monoisotopic (exact) mass is 51.0 g/mol. The van der Waals surface area contributed by atoms with Crippen LogP contribution in [0.15, 0.2) is 6.08 Å². The van der Waals surface area contributed by atoms with Crippen LogP contribution in [-0.4, -0.2) is 0 Å². The highest BCUT2D eigenvalue weighted by Gasteiger charge is 1.27. The molecule has 0 bridgehead atoms. The van der Waals surface area contributed by atoms with Gasteiger partial charge in [-0.05, 0) is 6.08 Å². The summed E-state index contributed by atoms with van der Waals surface area (Å²) in [6, 6.07) is 0. The molecule has 0 fully saturated rings. The first-order valence-electron chi connectivity index (χ1n) is 0.911. The van der Waals surface area contributed by atoms with Crippen molar-refractivity contribution in [2.24, 2.45) is 0 Å². The molecule has 0 saturated carbocycles. The molecule has 0 saturated heterocycles. The number of hydrogen-bond donors (Lipinski definition) is 0. The predicted molar refractivity (Wildman–Crippen MR) is 17.7 cm³/mol. The first kappa shape index (κ1) is 3.30. The molecule has 0 aromatic rings. The standard InChI is InChI=1S/C4H3/c1-3-4-2/h1-3H. The average Bonchev–Trinajstić information content (AvgIpc) is 1.37. The van der Waals surface area contributed by atoms with Crippen molar-refractivity contribution in [2.45, 2.75) is 0 Å². The van der Waals surface area contributed by atoms with E-state index in [9.17, 15) is 0 Å². The fourth-order valence-corrected chi connectivity index (χ4v) is 0. The molecule has 1 radical (unpaired) electrons. The lowest BCUT2D eigenvalue weighted by Gasteiger charge is -1.37. The van der Waals surface area contributed by atoms with Gasteiger partial charge in [-0.1, -0.05) is 12.5 Å². The van der Waals surface area contributed by atoms with E-state index in [0.717, 1.165) is 6.08 Å². The van der Waals surface area contributed by atoms with Gasteiger partial charge in [0.05, 0.1) is 0 Å². The van der Waals surface area contributed by atoms with Crippen molar-refractivity contribution in [2.75, 3.05) is 0 Å². The summed E-state index contributed by atoms with van der Waals surface area (Å²) in [5, 5.41) is 0. The first-order chi connectivity index (χ1) is 1.91. The van der Waals surface area contributed by atoms with Crippen molar-refractivity contribution in [3.63, 3.8) is 0 Å². The van der Waals surface area contributed by atoms with Crippen molar-refractivity contribution < 1.29 is 0 Å². The van der Waals surface area contributed by atoms with Crippen LogP contribution >= 0.6 is 0 Å². The van der Waals surface area contributed by atoms with Crippen LogP contribution in [0, 0.1) is 18.9 Å². The molecule has 0 aliphatic heterocycles. The Hall–Kier alpha value is -0.700. The van der Waals surface area contributed by atoms with Crippen LogP contribution in [0.2, 0.25) is 0 Å². The van der Waals surface area contributed by atoms with Gasteiger partial charge in [0.25, 0.3) is 0 Å². The summed E-state index contributed by atoms with van der Waals surface area (Å²) < 4.78 is 0. The number of rotatable bonds is 0. The predicted octanol–water partition coefficient (Wildman–Crippen LogP) is 0.609. The number of terminal acetylenes is 1. The molecule has 0 aliphatic rings. The van der Waals surface area contributed by atoms with E-state index in [2.05, 4.69) is 18.9 Å². The first-order valence-corrected chi connectivity index (χ1v) is 0.911. The molecule has 0 spiro atoms. The van der Waals surface area contributed by atoms with E-state index in [-0.39, 0.29) is 0 Å². The van der Waals surface area contributed by atoms with Crippen molar-refractivity contribution in [1.82, 2.24) is 0 Å². The second kappa shape index (κ2) is 2.30. The third-order valence-electron chi connectivity index (χ3n) is 0.0962. The van der Waals surface area contributed by atoms with Crippen molar-refractivity contribution in [1.29, 1.82) is 0 Å². The molecule has 0 atom stereocenters. The van der Waals surface area contributed by atoms with Gasteiger partial charge < -0.3 is 0 Å². The van der Waals surface area contributed by atoms with Crippen LogP contribution in [0.4, 0.5) is 0 Å². The SMILES string of the molecule is [CH]=CC#C. The molecule has 0 rings (SSSR count). The Kier molecular flexibility index (Phi) is 1.90. The molecule has 0 aromatic heterocycles. The Bertz CT molecular complexity index is 45.5. The molecule has 0 N–H and O–H groups in total. The molecular weight excluding hydrogens is 48.0 g/mol. The Labute approximate surface area is 26.1 Å². The molecule has 19 valence electrons. The van der Waals surface area contributed by atoms with Gasteiger partial charge in [-0.25, -0.2) is 0 Å². The highest BCUT2D eigenvalue weighted by Crippen LogP contribution is 1.40. The molecule has 0 aromatic carbocycles. The van der Waals surface area contributed by atoms with E-state index in [1.54, 1.807) is 0 Å². The fraction of sp³-hybridized carbons (Fsp3) is 0. The van der Waals surface area contributed by atoms with Crippen LogP contribution in [0.5, 0.6) is 0 Å². The summed E-state index contributed by atoms with van der Waals surface area (Å²) in [5.41, 5.74) is 0. The van der Waals surface area contributed by atoms with Gasteiger partial charge in [-0.15, -0.1) is 6.42 Å². The lowest BCUT2D eigenvalue weighted by Crippen LogP contribution is -1.24. The van der Waals surface area contributed by atoms with E-state index in [1.165, 1.54) is 0 Å². The van der Waals surface area contributed by atoms with Gasteiger partial charge in [0.2, 0.25) is 0 Å². The number of allylic oxidation sites excluding steroid dienone is 1. The maximum absolute atomic E-state index is 4.67. The molecule has 0 unspecified atom stereocenters. The van der Waals surface area contributed by atoms with Crippen molar-refractivity contribution >= 4 is 0 Å². The molecule has 4 heavy (non-hydrogen) atoms. The van der Waals surface area contributed by atoms with Crippen LogP contribution in [0.25, 0.3) is 0 Å². The quantitative estimate of drug-likeness (QED) is 0.353. The molecular formula is C4H3. The zero-order chi connectivity index (χ0) is 3.41. The average molecular weight is 51.1 g/mol. The minimum Gasteiger partial charge on any atom is -0.115 e. The highest BCUT2D eigenvalue weighted by atomic mass is 13.3. The molecule has 0 nitrogen and oxygen atoms in total. The fourth-order valence-electron chi connectivity index (χ4n) is 0. The van der Waals surface area contributed by atoms with Gasteiger partial charge in [0.15, 0.2) is 0 Å². The lowest BCUT2D eigenvalue weighted by atomic mass is 10.7. The van der Waals surface area contributed by atoms with Gasteiger partial charge in [0.1, 0.15) is 0 Å². The Morgan fingerprint density at radius 1 is 1.75 bits per heavy atom. The van der Waals surface area contributed by atoms with E-state index >= 15 is 0 Å². The normalized spacial score (nSPS) is 3.75. The van der Waals surface area contributed by atoms with Crippen molar-refractivity contribution in [3.05, 3.63) is 12.7 Å². The summed E-state index contributed by atoms with van der Waals surface area (Å²) in [6.07, 6.45) is 5.75. The van der Waals surface area contributed by atoms with Crippen molar-refractivity contribution in [3.8, 4) is 12.3 Å². The minimum atomic E-state index is 1.15.